The fraction of sp³-hybridized carbons (Fsp3) is 0.944. The van der Waals surface area contributed by atoms with E-state index in [1.54, 1.807) is 25.0 Å². The van der Waals surface area contributed by atoms with Crippen molar-refractivity contribution in [1.82, 2.24) is 0 Å². The van der Waals surface area contributed by atoms with E-state index in [2.05, 4.69) is 39.3 Å². The molecule has 4 fully saturated rings. The van der Waals surface area contributed by atoms with Crippen molar-refractivity contribution in [2.75, 3.05) is 0 Å². The highest BCUT2D eigenvalue weighted by molar-refractivity contribution is 6.80. The van der Waals surface area contributed by atoms with Crippen molar-refractivity contribution in [3.8, 4) is 0 Å². The summed E-state index contributed by atoms with van der Waals surface area (Å²) < 4.78 is 5.47. The van der Waals surface area contributed by atoms with E-state index in [9.17, 15) is 0 Å². The second-order valence-corrected chi connectivity index (χ2v) is 20.7. The van der Waals surface area contributed by atoms with Crippen LogP contribution in [0.1, 0.15) is 38.5 Å². The highest BCUT2D eigenvalue weighted by Crippen LogP contribution is 2.61. The van der Waals surface area contributed by atoms with Crippen molar-refractivity contribution in [3.05, 3.63) is 0 Å². The van der Waals surface area contributed by atoms with Gasteiger partial charge in [0.15, 0.2) is 8.24 Å². The monoisotopic (exact) mass is 321 g/mol. The van der Waals surface area contributed by atoms with Crippen LogP contribution in [0.4, 0.5) is 0 Å². The van der Waals surface area contributed by atoms with Gasteiger partial charge in [-0.05, 0) is 82.0 Å². The van der Waals surface area contributed by atoms with Gasteiger partial charge < -0.3 is 4.66 Å². The van der Waals surface area contributed by atoms with Crippen LogP contribution in [0.5, 0.6) is 0 Å². The van der Waals surface area contributed by atoms with E-state index < -0.39 is 16.3 Å². The zero-order valence-electron chi connectivity index (χ0n) is 15.1. The van der Waals surface area contributed by atoms with Crippen LogP contribution in [-0.4, -0.2) is 22.0 Å². The Morgan fingerprint density at radius 1 is 0.857 bits per heavy atom. The molecule has 4 aliphatic rings. The van der Waals surface area contributed by atoms with Crippen LogP contribution in [0.3, 0.4) is 0 Å². The van der Waals surface area contributed by atoms with E-state index in [0.717, 1.165) is 17.8 Å². The molecule has 0 unspecified atom stereocenters. The first kappa shape index (κ1) is 16.0. The van der Waals surface area contributed by atoms with E-state index in [0.29, 0.717) is 5.41 Å². The third-order valence-electron chi connectivity index (χ3n) is 5.82. The summed E-state index contributed by atoms with van der Waals surface area (Å²) in [5, 5.41) is 0. The van der Waals surface area contributed by atoms with Gasteiger partial charge in [-0.15, -0.1) is 0 Å². The van der Waals surface area contributed by atoms with E-state index in [4.69, 9.17) is 4.66 Å². The minimum atomic E-state index is -1.36. The minimum Gasteiger partial charge on any atom is -0.330 e. The van der Waals surface area contributed by atoms with Crippen LogP contribution in [0.15, 0.2) is 4.66 Å². The molecule has 0 aromatic heterocycles. The maximum Gasteiger partial charge on any atom is 0.172 e. The lowest BCUT2D eigenvalue weighted by Gasteiger charge is -2.58. The average Bonchev–Trinajstić information content (AvgIpc) is 2.21. The highest BCUT2D eigenvalue weighted by Gasteiger charge is 2.53. The molecule has 0 heterocycles. The molecule has 21 heavy (non-hydrogen) atoms. The van der Waals surface area contributed by atoms with Gasteiger partial charge in [0.05, 0.1) is 8.07 Å². The standard InChI is InChI=1S/C18H35NSi2/c1-20(2,3)13-17(19-21(4,5)6)18-10-14-7-15(11-18)9-16(8-14)12-18/h14-16H,7-13H2,1-6H3/b19-17-. The van der Waals surface area contributed by atoms with Crippen LogP contribution < -0.4 is 0 Å². The minimum absolute atomic E-state index is 0.551. The lowest BCUT2D eigenvalue weighted by atomic mass is 9.48. The van der Waals surface area contributed by atoms with Crippen molar-refractivity contribution in [1.29, 1.82) is 0 Å². The molecule has 0 radical (unpaired) electrons. The Kier molecular flexibility index (Phi) is 3.85. The van der Waals surface area contributed by atoms with Crippen molar-refractivity contribution in [2.24, 2.45) is 27.8 Å². The Balaban J connectivity index is 1.94. The summed E-state index contributed by atoms with van der Waals surface area (Å²) in [5.41, 5.74) is 2.26. The topological polar surface area (TPSA) is 12.4 Å². The number of nitrogens with zero attached hydrogens (tertiary/aromatic N) is 1. The molecule has 0 aromatic carbocycles. The Morgan fingerprint density at radius 2 is 1.29 bits per heavy atom. The molecule has 3 heteroatoms. The molecule has 1 nitrogen and oxygen atoms in total. The molecule has 0 N–H and O–H groups in total. The van der Waals surface area contributed by atoms with Crippen molar-refractivity contribution in [2.45, 2.75) is 83.9 Å². The molecule has 0 saturated heterocycles. The van der Waals surface area contributed by atoms with Gasteiger partial charge in [0, 0.05) is 11.1 Å². The normalized spacial score (nSPS) is 39.9. The quantitative estimate of drug-likeness (QED) is 0.457. The maximum atomic E-state index is 5.47. The van der Waals surface area contributed by atoms with Crippen molar-refractivity contribution in [3.63, 3.8) is 0 Å². The molecule has 0 spiro atoms. The zero-order chi connectivity index (χ0) is 15.5. The Hall–Kier alpha value is 0.104. The van der Waals surface area contributed by atoms with Crippen LogP contribution >= 0.6 is 0 Å². The van der Waals surface area contributed by atoms with Gasteiger partial charge >= 0.3 is 0 Å². The largest absolute Gasteiger partial charge is 0.330 e. The Bertz CT molecular complexity index is 404. The summed E-state index contributed by atoms with van der Waals surface area (Å²) in [6.45, 7) is 14.9. The van der Waals surface area contributed by atoms with Gasteiger partial charge in [-0.3, -0.25) is 0 Å². The second kappa shape index (κ2) is 5.05. The van der Waals surface area contributed by atoms with Gasteiger partial charge in [0.1, 0.15) is 0 Å². The Labute approximate surface area is 134 Å². The summed E-state index contributed by atoms with van der Waals surface area (Å²) in [4.78, 5) is 0. The van der Waals surface area contributed by atoms with Gasteiger partial charge in [-0.1, -0.05) is 19.6 Å². The van der Waals surface area contributed by atoms with Gasteiger partial charge in [0.25, 0.3) is 0 Å². The van der Waals surface area contributed by atoms with E-state index in [1.807, 2.05) is 0 Å². The third kappa shape index (κ3) is 3.55. The molecule has 120 valence electrons. The van der Waals surface area contributed by atoms with Crippen LogP contribution in [0.25, 0.3) is 0 Å². The molecule has 4 bridgehead atoms. The van der Waals surface area contributed by atoms with Crippen LogP contribution in [-0.2, 0) is 0 Å². The van der Waals surface area contributed by atoms with Crippen LogP contribution in [0, 0.1) is 23.2 Å². The molecule has 0 aromatic rings. The fourth-order valence-corrected chi connectivity index (χ4v) is 8.46. The average molecular weight is 322 g/mol. The van der Waals surface area contributed by atoms with E-state index in [1.165, 1.54) is 25.3 Å². The Morgan fingerprint density at radius 3 is 1.62 bits per heavy atom. The summed E-state index contributed by atoms with van der Waals surface area (Å²) in [6, 6.07) is 1.36. The maximum absolute atomic E-state index is 5.47. The number of hydrogen-bond donors (Lipinski definition) is 0. The summed E-state index contributed by atoms with van der Waals surface area (Å²) in [7, 11) is -2.44. The van der Waals surface area contributed by atoms with Crippen molar-refractivity contribution < 1.29 is 0 Å². The molecule has 0 amide bonds. The number of hydrogen-bond acceptors (Lipinski definition) is 1. The lowest BCUT2D eigenvalue weighted by Crippen LogP contribution is -2.51. The fourth-order valence-electron chi connectivity index (χ4n) is 5.72. The molecule has 4 saturated carbocycles. The first-order chi connectivity index (χ1) is 9.55. The highest BCUT2D eigenvalue weighted by atomic mass is 28.3. The number of rotatable bonds is 4. The summed E-state index contributed by atoms with van der Waals surface area (Å²) >= 11 is 0. The molecule has 0 aliphatic heterocycles. The van der Waals surface area contributed by atoms with Crippen LogP contribution in [0.2, 0.25) is 45.3 Å². The first-order valence-corrected chi connectivity index (χ1v) is 16.3. The SMILES string of the molecule is C[Si](C)(C)C/C(=N/[Si](C)(C)C)C12CC3CC(CC(C3)C1)C2. The van der Waals surface area contributed by atoms with Crippen molar-refractivity contribution >= 4 is 22.0 Å². The predicted octanol–water partition coefficient (Wildman–Crippen LogP) is 5.82. The van der Waals surface area contributed by atoms with Gasteiger partial charge in [-0.25, -0.2) is 0 Å². The predicted molar refractivity (Wildman–Crippen MR) is 99.5 cm³/mol. The molecule has 0 atom stereocenters. The lowest BCUT2D eigenvalue weighted by molar-refractivity contribution is -0.0125. The molecular weight excluding hydrogens is 286 g/mol. The van der Waals surface area contributed by atoms with Gasteiger partial charge in [0.2, 0.25) is 0 Å². The van der Waals surface area contributed by atoms with Gasteiger partial charge in [-0.2, -0.15) is 0 Å². The zero-order valence-corrected chi connectivity index (χ0v) is 17.1. The summed E-state index contributed by atoms with van der Waals surface area (Å²) in [5.74, 6) is 3.14. The second-order valence-electron chi connectivity index (χ2n) is 10.7. The smallest absolute Gasteiger partial charge is 0.172 e. The molecule has 4 aliphatic carbocycles. The molecular formula is C18H35NSi2. The first-order valence-electron chi connectivity index (χ1n) is 9.14. The molecule has 4 rings (SSSR count). The summed E-state index contributed by atoms with van der Waals surface area (Å²) in [6.07, 6.45) is 9.12. The van der Waals surface area contributed by atoms with E-state index in [-0.39, 0.29) is 0 Å². The third-order valence-corrected chi connectivity index (χ3v) is 8.15. The van der Waals surface area contributed by atoms with E-state index >= 15 is 0 Å².